The number of rotatable bonds is 4. The highest BCUT2D eigenvalue weighted by atomic mass is 14.7. The Morgan fingerprint density at radius 2 is 1.85 bits per heavy atom. The van der Waals surface area contributed by atoms with Crippen molar-refractivity contribution < 1.29 is 0 Å². The zero-order chi connectivity index (χ0) is 10.4. The molecular formula is C12H23N. The van der Waals surface area contributed by atoms with Gasteiger partial charge in [0.15, 0.2) is 0 Å². The summed E-state index contributed by atoms with van der Waals surface area (Å²) < 4.78 is 0. The van der Waals surface area contributed by atoms with Crippen molar-refractivity contribution in [2.45, 2.75) is 41.0 Å². The number of nitrogens with zero attached hydrogens (tertiary/aromatic N) is 1. The monoisotopic (exact) mass is 181 g/mol. The van der Waals surface area contributed by atoms with Gasteiger partial charge in [-0.1, -0.05) is 40.2 Å². The van der Waals surface area contributed by atoms with Crippen molar-refractivity contribution in [2.24, 2.45) is 16.8 Å². The van der Waals surface area contributed by atoms with Crippen molar-refractivity contribution >= 4 is 5.71 Å². The van der Waals surface area contributed by atoms with E-state index in [1.807, 2.05) is 7.05 Å². The van der Waals surface area contributed by atoms with E-state index in [1.165, 1.54) is 17.7 Å². The summed E-state index contributed by atoms with van der Waals surface area (Å²) in [6.07, 6.45) is 3.56. The zero-order valence-electron chi connectivity index (χ0n) is 9.89. The second kappa shape index (κ2) is 5.95. The minimum absolute atomic E-state index is 0.581. The van der Waals surface area contributed by atoms with Gasteiger partial charge < -0.3 is 0 Å². The smallest absolute Gasteiger partial charge is 0.0345 e. The van der Waals surface area contributed by atoms with E-state index < -0.39 is 0 Å². The molecule has 1 atom stereocenters. The van der Waals surface area contributed by atoms with Gasteiger partial charge >= 0.3 is 0 Å². The summed E-state index contributed by atoms with van der Waals surface area (Å²) in [6.45, 7) is 11.0. The normalized spacial score (nSPS) is 16.5. The molecule has 1 unspecified atom stereocenters. The Balaban J connectivity index is 4.70. The topological polar surface area (TPSA) is 12.4 Å². The summed E-state index contributed by atoms with van der Waals surface area (Å²) in [5.74, 6) is 1.24. The lowest BCUT2D eigenvalue weighted by molar-refractivity contribution is 0.678. The molecule has 0 fully saturated rings. The van der Waals surface area contributed by atoms with Gasteiger partial charge in [-0.25, -0.2) is 0 Å². The first-order valence-corrected chi connectivity index (χ1v) is 5.18. The summed E-state index contributed by atoms with van der Waals surface area (Å²) in [5.41, 5.74) is 2.58. The third kappa shape index (κ3) is 4.25. The number of aliphatic imine (C=N–C) groups is 1. The molecule has 0 radical (unpaired) electrons. The second-order valence-corrected chi connectivity index (χ2v) is 3.97. The highest BCUT2D eigenvalue weighted by Gasteiger charge is 2.07. The molecule has 0 aromatic heterocycles. The molecule has 0 saturated heterocycles. The molecule has 0 rings (SSSR count). The average molecular weight is 181 g/mol. The Bertz CT molecular complexity index is 199. The first-order chi connectivity index (χ1) is 6.02. The summed E-state index contributed by atoms with van der Waals surface area (Å²) >= 11 is 0. The lowest BCUT2D eigenvalue weighted by Crippen LogP contribution is -2.06. The summed E-state index contributed by atoms with van der Waals surface area (Å²) in [7, 11) is 1.86. The fourth-order valence-electron chi connectivity index (χ4n) is 1.28. The third-order valence-corrected chi connectivity index (χ3v) is 2.48. The lowest BCUT2D eigenvalue weighted by atomic mass is 9.94. The van der Waals surface area contributed by atoms with E-state index in [0.717, 1.165) is 0 Å². The van der Waals surface area contributed by atoms with Crippen LogP contribution in [0.4, 0.5) is 0 Å². The molecule has 13 heavy (non-hydrogen) atoms. The highest BCUT2D eigenvalue weighted by molar-refractivity contribution is 5.98. The molecule has 76 valence electrons. The van der Waals surface area contributed by atoms with E-state index in [0.29, 0.717) is 11.8 Å². The van der Waals surface area contributed by atoms with Crippen molar-refractivity contribution in [1.29, 1.82) is 0 Å². The molecule has 0 aliphatic heterocycles. The molecule has 0 spiro atoms. The highest BCUT2D eigenvalue weighted by Crippen LogP contribution is 2.16. The zero-order valence-corrected chi connectivity index (χ0v) is 9.89. The van der Waals surface area contributed by atoms with Gasteiger partial charge in [-0.2, -0.15) is 0 Å². The molecular weight excluding hydrogens is 158 g/mol. The molecule has 0 aromatic rings. The molecule has 0 aliphatic carbocycles. The Labute approximate surface area is 83.0 Å². The Kier molecular flexibility index (Phi) is 5.68. The van der Waals surface area contributed by atoms with Crippen LogP contribution in [0.3, 0.4) is 0 Å². The first kappa shape index (κ1) is 12.4. The molecule has 0 N–H and O–H groups in total. The third-order valence-electron chi connectivity index (χ3n) is 2.48. The van der Waals surface area contributed by atoms with Crippen molar-refractivity contribution in [3.63, 3.8) is 0 Å². The van der Waals surface area contributed by atoms with Crippen LogP contribution in [0.15, 0.2) is 16.6 Å². The van der Waals surface area contributed by atoms with Crippen LogP contribution in [0.1, 0.15) is 41.0 Å². The average Bonchev–Trinajstić information content (AvgIpc) is 2.11. The Hall–Kier alpha value is -0.590. The van der Waals surface area contributed by atoms with Crippen LogP contribution in [0.5, 0.6) is 0 Å². The maximum Gasteiger partial charge on any atom is 0.0345 e. The van der Waals surface area contributed by atoms with Crippen LogP contribution in [0.2, 0.25) is 0 Å². The molecule has 1 heteroatoms. The first-order valence-electron chi connectivity index (χ1n) is 5.18. The quantitative estimate of drug-likeness (QED) is 0.586. The predicted octanol–water partition coefficient (Wildman–Crippen LogP) is 3.71. The number of allylic oxidation sites excluding steroid dienone is 2. The second-order valence-electron chi connectivity index (χ2n) is 3.97. The maximum absolute atomic E-state index is 4.25. The molecule has 0 aromatic carbocycles. The Morgan fingerprint density at radius 1 is 1.31 bits per heavy atom. The largest absolute Gasteiger partial charge is 0.293 e. The number of hydrogen-bond donors (Lipinski definition) is 0. The van der Waals surface area contributed by atoms with E-state index in [-0.39, 0.29) is 0 Å². The van der Waals surface area contributed by atoms with Gasteiger partial charge in [-0.3, -0.25) is 4.99 Å². The van der Waals surface area contributed by atoms with Gasteiger partial charge in [-0.15, -0.1) is 0 Å². The van der Waals surface area contributed by atoms with E-state index >= 15 is 0 Å². The van der Waals surface area contributed by atoms with Gasteiger partial charge in [0.25, 0.3) is 0 Å². The minimum atomic E-state index is 0.581. The molecule has 0 saturated carbocycles. The molecule has 0 heterocycles. The van der Waals surface area contributed by atoms with E-state index in [1.54, 1.807) is 0 Å². The van der Waals surface area contributed by atoms with Crippen LogP contribution in [0, 0.1) is 11.8 Å². The summed E-state index contributed by atoms with van der Waals surface area (Å²) in [4.78, 5) is 4.25. The van der Waals surface area contributed by atoms with Crippen LogP contribution in [0.25, 0.3) is 0 Å². The van der Waals surface area contributed by atoms with Crippen LogP contribution < -0.4 is 0 Å². The SMILES string of the molecule is CCC(C)/C=C(\C(C)=NC)C(C)C. The minimum Gasteiger partial charge on any atom is -0.293 e. The molecule has 0 amide bonds. The Morgan fingerprint density at radius 3 is 2.15 bits per heavy atom. The summed E-state index contributed by atoms with van der Waals surface area (Å²) in [6, 6.07) is 0. The predicted molar refractivity (Wildman–Crippen MR) is 61.4 cm³/mol. The van der Waals surface area contributed by atoms with Gasteiger partial charge in [0.2, 0.25) is 0 Å². The standard InChI is InChI=1S/C12H23N/c1-7-10(4)8-12(9(2)3)11(5)13-6/h8-10H,7H2,1-6H3/b12-8-,13-11?. The summed E-state index contributed by atoms with van der Waals surface area (Å²) in [5, 5.41) is 0. The van der Waals surface area contributed by atoms with Crippen molar-refractivity contribution in [2.75, 3.05) is 7.05 Å². The van der Waals surface area contributed by atoms with E-state index in [2.05, 4.69) is 45.7 Å². The molecule has 0 bridgehead atoms. The van der Waals surface area contributed by atoms with Gasteiger partial charge in [0.1, 0.15) is 0 Å². The van der Waals surface area contributed by atoms with Gasteiger partial charge in [-0.05, 0) is 24.3 Å². The van der Waals surface area contributed by atoms with E-state index in [4.69, 9.17) is 0 Å². The van der Waals surface area contributed by atoms with Crippen LogP contribution >= 0.6 is 0 Å². The van der Waals surface area contributed by atoms with Crippen molar-refractivity contribution in [3.8, 4) is 0 Å². The van der Waals surface area contributed by atoms with Crippen LogP contribution in [-0.2, 0) is 0 Å². The van der Waals surface area contributed by atoms with E-state index in [9.17, 15) is 0 Å². The van der Waals surface area contributed by atoms with Gasteiger partial charge in [0.05, 0.1) is 0 Å². The maximum atomic E-state index is 4.25. The van der Waals surface area contributed by atoms with Gasteiger partial charge in [0, 0.05) is 12.8 Å². The number of hydrogen-bond acceptors (Lipinski definition) is 1. The van der Waals surface area contributed by atoms with Crippen LogP contribution in [-0.4, -0.2) is 12.8 Å². The van der Waals surface area contributed by atoms with Crippen molar-refractivity contribution in [1.82, 2.24) is 0 Å². The fraction of sp³-hybridized carbons (Fsp3) is 0.750. The molecule has 1 nitrogen and oxygen atoms in total. The lowest BCUT2D eigenvalue weighted by Gasteiger charge is -2.13. The van der Waals surface area contributed by atoms with Crippen molar-refractivity contribution in [3.05, 3.63) is 11.6 Å². The fourth-order valence-corrected chi connectivity index (χ4v) is 1.28. The molecule has 0 aliphatic rings.